The average molecular weight is 475 g/mol. The molecule has 0 fully saturated rings. The Morgan fingerprint density at radius 3 is 2.31 bits per heavy atom. The maximum atomic E-state index is 12.5. The van der Waals surface area contributed by atoms with Gasteiger partial charge < -0.3 is 20.1 Å². The van der Waals surface area contributed by atoms with E-state index in [1.807, 2.05) is 0 Å². The summed E-state index contributed by atoms with van der Waals surface area (Å²) in [6.07, 6.45) is 0.754. The fourth-order valence-corrected chi connectivity index (χ4v) is 2.43. The van der Waals surface area contributed by atoms with E-state index in [2.05, 4.69) is 31.5 Å². The molecule has 0 aliphatic heterocycles. The summed E-state index contributed by atoms with van der Waals surface area (Å²) >= 11 is 3.14. The maximum absolute atomic E-state index is 12.5. The van der Waals surface area contributed by atoms with E-state index in [4.69, 9.17) is 9.47 Å². The third-order valence-electron chi connectivity index (χ3n) is 3.14. The predicted octanol–water partition coefficient (Wildman–Crippen LogP) is 3.79. The number of carbonyl (C=O) groups excluding carboxylic acids is 2. The van der Waals surface area contributed by atoms with Crippen molar-refractivity contribution in [3.63, 3.8) is 0 Å². The summed E-state index contributed by atoms with van der Waals surface area (Å²) in [7, 11) is 0. The lowest BCUT2D eigenvalue weighted by Gasteiger charge is -2.26. The van der Waals surface area contributed by atoms with E-state index in [9.17, 15) is 19.7 Å². The Bertz CT molecular complexity index is 758. The van der Waals surface area contributed by atoms with Crippen molar-refractivity contribution in [1.29, 1.82) is 0 Å². The standard InChI is InChI=1S/C18H27BrN4O6/c1-17(2,3)28-15(24)12(22-16(25)29-18(4,5)6)7-8-20-14-13(23(26)27)9-11(19)10-21-14/h9-10,12H,7-8H2,1-6H3,(H,20,21)(H,22,25). The molecule has 1 rings (SSSR count). The van der Waals surface area contributed by atoms with Gasteiger partial charge in [0.05, 0.1) is 4.92 Å². The van der Waals surface area contributed by atoms with Crippen LogP contribution in [0.15, 0.2) is 16.7 Å². The van der Waals surface area contributed by atoms with E-state index in [0.29, 0.717) is 4.47 Å². The van der Waals surface area contributed by atoms with Crippen LogP contribution in [0, 0.1) is 10.1 Å². The number of hydrogen-bond acceptors (Lipinski definition) is 8. The molecule has 11 heteroatoms. The molecule has 1 unspecified atom stereocenters. The van der Waals surface area contributed by atoms with E-state index >= 15 is 0 Å². The van der Waals surface area contributed by atoms with Crippen LogP contribution in [-0.4, -0.2) is 45.8 Å². The fraction of sp³-hybridized carbons (Fsp3) is 0.611. The van der Waals surface area contributed by atoms with E-state index in [0.717, 1.165) is 0 Å². The number of pyridine rings is 1. The predicted molar refractivity (Wildman–Crippen MR) is 111 cm³/mol. The minimum atomic E-state index is -1.01. The summed E-state index contributed by atoms with van der Waals surface area (Å²) in [6, 6.07) is 0.311. The fourth-order valence-electron chi connectivity index (χ4n) is 2.11. The zero-order valence-electron chi connectivity index (χ0n) is 17.4. The Hall–Kier alpha value is -2.43. The summed E-state index contributed by atoms with van der Waals surface area (Å²) in [5.74, 6) is -0.582. The molecule has 29 heavy (non-hydrogen) atoms. The van der Waals surface area contributed by atoms with Gasteiger partial charge in [-0.1, -0.05) is 0 Å². The molecule has 0 aliphatic rings. The van der Waals surface area contributed by atoms with Crippen LogP contribution >= 0.6 is 15.9 Å². The first kappa shape index (κ1) is 24.6. The number of nitrogens with zero attached hydrogens (tertiary/aromatic N) is 2. The number of halogens is 1. The van der Waals surface area contributed by atoms with E-state index < -0.39 is 34.2 Å². The molecule has 0 aromatic carbocycles. The number of ether oxygens (including phenoxy) is 2. The highest BCUT2D eigenvalue weighted by atomic mass is 79.9. The number of esters is 1. The van der Waals surface area contributed by atoms with Gasteiger partial charge in [-0.3, -0.25) is 10.1 Å². The second kappa shape index (κ2) is 9.86. The van der Waals surface area contributed by atoms with Gasteiger partial charge in [0, 0.05) is 23.3 Å². The first-order chi connectivity index (χ1) is 13.2. The number of alkyl carbamates (subject to hydrolysis) is 1. The largest absolute Gasteiger partial charge is 0.458 e. The minimum absolute atomic E-state index is 0.0541. The molecule has 162 valence electrons. The molecular weight excluding hydrogens is 448 g/mol. The Kier molecular flexibility index (Phi) is 8.37. The molecule has 1 amide bonds. The van der Waals surface area contributed by atoms with E-state index in [1.165, 1.54) is 12.3 Å². The third kappa shape index (κ3) is 9.55. The summed E-state index contributed by atoms with van der Waals surface area (Å²) in [5, 5.41) is 16.5. The average Bonchev–Trinajstić information content (AvgIpc) is 2.51. The van der Waals surface area contributed by atoms with Crippen molar-refractivity contribution in [2.75, 3.05) is 11.9 Å². The Morgan fingerprint density at radius 2 is 1.79 bits per heavy atom. The van der Waals surface area contributed by atoms with Crippen LogP contribution in [-0.2, 0) is 14.3 Å². The monoisotopic (exact) mass is 474 g/mol. The highest BCUT2D eigenvalue weighted by molar-refractivity contribution is 9.10. The molecule has 10 nitrogen and oxygen atoms in total. The van der Waals surface area contributed by atoms with E-state index in [-0.39, 0.29) is 24.5 Å². The number of rotatable bonds is 7. The normalized spacial score (nSPS) is 12.7. The molecule has 0 radical (unpaired) electrons. The lowest BCUT2D eigenvalue weighted by molar-refractivity contribution is -0.384. The highest BCUT2D eigenvalue weighted by Crippen LogP contribution is 2.25. The SMILES string of the molecule is CC(C)(C)OC(=O)NC(CCNc1ncc(Br)cc1[N+](=O)[O-])C(=O)OC(C)(C)C. The molecule has 0 aliphatic carbocycles. The van der Waals surface area contributed by atoms with Crippen molar-refractivity contribution in [3.05, 3.63) is 26.9 Å². The van der Waals surface area contributed by atoms with Gasteiger partial charge in [0.15, 0.2) is 0 Å². The Balaban J connectivity index is 2.85. The van der Waals surface area contributed by atoms with Crippen LogP contribution < -0.4 is 10.6 Å². The van der Waals surface area contributed by atoms with Crippen molar-refractivity contribution in [3.8, 4) is 0 Å². The number of nitrogens with one attached hydrogen (secondary N) is 2. The molecule has 0 saturated heterocycles. The van der Waals surface area contributed by atoms with Gasteiger partial charge in [-0.25, -0.2) is 14.6 Å². The van der Waals surface area contributed by atoms with Crippen LogP contribution in [0.5, 0.6) is 0 Å². The molecule has 2 N–H and O–H groups in total. The number of hydrogen-bond donors (Lipinski definition) is 2. The summed E-state index contributed by atoms with van der Waals surface area (Å²) in [5.41, 5.74) is -1.69. The van der Waals surface area contributed by atoms with Gasteiger partial charge in [0.2, 0.25) is 5.82 Å². The van der Waals surface area contributed by atoms with Crippen LogP contribution in [0.2, 0.25) is 0 Å². The first-order valence-electron chi connectivity index (χ1n) is 8.94. The first-order valence-corrected chi connectivity index (χ1v) is 9.73. The lowest BCUT2D eigenvalue weighted by Crippen LogP contribution is -2.46. The van der Waals surface area contributed by atoms with Gasteiger partial charge in [-0.15, -0.1) is 0 Å². The Labute approximate surface area is 178 Å². The van der Waals surface area contributed by atoms with Gasteiger partial charge in [-0.05, 0) is 63.9 Å². The molecule has 0 bridgehead atoms. The zero-order valence-corrected chi connectivity index (χ0v) is 19.0. The highest BCUT2D eigenvalue weighted by Gasteiger charge is 2.28. The number of carbonyl (C=O) groups is 2. The minimum Gasteiger partial charge on any atom is -0.458 e. The summed E-state index contributed by atoms with van der Waals surface area (Å²) < 4.78 is 11.0. The van der Waals surface area contributed by atoms with Crippen molar-refractivity contribution >= 4 is 39.5 Å². The van der Waals surface area contributed by atoms with Gasteiger partial charge >= 0.3 is 17.7 Å². The van der Waals surface area contributed by atoms with Crippen molar-refractivity contribution in [2.24, 2.45) is 0 Å². The molecule has 0 saturated carbocycles. The number of anilines is 1. The lowest BCUT2D eigenvalue weighted by atomic mass is 10.1. The second-order valence-electron chi connectivity index (χ2n) is 8.23. The molecule has 0 spiro atoms. The number of nitro groups is 1. The zero-order chi connectivity index (χ0) is 22.4. The quantitative estimate of drug-likeness (QED) is 0.346. The number of aromatic nitrogens is 1. The summed E-state index contributed by atoms with van der Waals surface area (Å²) in [6.45, 7) is 10.4. The maximum Gasteiger partial charge on any atom is 0.408 e. The van der Waals surface area contributed by atoms with Gasteiger partial charge in [-0.2, -0.15) is 0 Å². The molecule has 1 aromatic rings. The van der Waals surface area contributed by atoms with Gasteiger partial charge in [0.1, 0.15) is 17.2 Å². The topological polar surface area (TPSA) is 133 Å². The molecule has 1 aromatic heterocycles. The molecule has 1 heterocycles. The Morgan fingerprint density at radius 1 is 1.21 bits per heavy atom. The van der Waals surface area contributed by atoms with Crippen LogP contribution in [0.25, 0.3) is 0 Å². The van der Waals surface area contributed by atoms with Crippen LogP contribution in [0.1, 0.15) is 48.0 Å². The van der Waals surface area contributed by atoms with Crippen molar-refractivity contribution < 1.29 is 24.0 Å². The van der Waals surface area contributed by atoms with Crippen LogP contribution in [0.4, 0.5) is 16.3 Å². The molecule has 1 atom stereocenters. The number of amides is 1. The summed E-state index contributed by atoms with van der Waals surface area (Å²) in [4.78, 5) is 39.1. The second-order valence-corrected chi connectivity index (χ2v) is 9.14. The van der Waals surface area contributed by atoms with Crippen molar-refractivity contribution in [1.82, 2.24) is 10.3 Å². The van der Waals surface area contributed by atoms with Crippen LogP contribution in [0.3, 0.4) is 0 Å². The van der Waals surface area contributed by atoms with Gasteiger partial charge in [0.25, 0.3) is 0 Å². The van der Waals surface area contributed by atoms with Crippen molar-refractivity contribution in [2.45, 2.75) is 65.2 Å². The smallest absolute Gasteiger partial charge is 0.408 e. The van der Waals surface area contributed by atoms with E-state index in [1.54, 1.807) is 41.5 Å². The third-order valence-corrected chi connectivity index (χ3v) is 3.57. The molecular formula is C18H27BrN4O6.